The molecule has 9 nitrogen and oxygen atoms in total. The smallest absolute Gasteiger partial charge is 0.264 e. The third-order valence-corrected chi connectivity index (χ3v) is 8.70. The van der Waals surface area contributed by atoms with Crippen molar-refractivity contribution < 1.29 is 27.5 Å². The normalized spacial score (nSPS) is 11.0. The molecule has 0 radical (unpaired) electrons. The zero-order valence-corrected chi connectivity index (χ0v) is 25.5. The first-order valence-electron chi connectivity index (χ1n) is 13.4. The number of ether oxygens (including phenoxy) is 2. The molecule has 0 atom stereocenters. The Hall–Kier alpha value is -4.54. The largest absolute Gasteiger partial charge is 0.493 e. The van der Waals surface area contributed by atoms with Crippen LogP contribution in [0.1, 0.15) is 21.5 Å². The van der Waals surface area contributed by atoms with Gasteiger partial charge in [0.1, 0.15) is 6.54 Å². The number of hydrogen-bond acceptors (Lipinski definition) is 6. The second-order valence-corrected chi connectivity index (χ2v) is 11.8. The minimum Gasteiger partial charge on any atom is -0.493 e. The topological polar surface area (TPSA) is 114 Å². The molecule has 0 aliphatic rings. The van der Waals surface area contributed by atoms with E-state index in [1.807, 2.05) is 19.1 Å². The van der Waals surface area contributed by atoms with Crippen molar-refractivity contribution in [1.29, 1.82) is 0 Å². The summed E-state index contributed by atoms with van der Waals surface area (Å²) in [6.07, 6.45) is 0.532. The van der Waals surface area contributed by atoms with Gasteiger partial charge in [-0.25, -0.2) is 8.42 Å². The van der Waals surface area contributed by atoms with Crippen molar-refractivity contribution in [2.24, 2.45) is 0 Å². The molecule has 0 fully saturated rings. The molecule has 0 aromatic heterocycles. The molecule has 0 aliphatic carbocycles. The summed E-state index contributed by atoms with van der Waals surface area (Å²) in [4.78, 5) is 26.4. The highest BCUT2D eigenvalue weighted by Gasteiger charge is 2.29. The summed E-state index contributed by atoms with van der Waals surface area (Å²) in [5, 5.41) is 5.73. The quantitative estimate of drug-likeness (QED) is 0.217. The zero-order valence-electron chi connectivity index (χ0n) is 24.0. The first-order chi connectivity index (χ1) is 20.6. The highest BCUT2D eigenvalue weighted by Crippen LogP contribution is 2.31. The maximum atomic E-state index is 13.7. The van der Waals surface area contributed by atoms with Gasteiger partial charge in [-0.2, -0.15) is 0 Å². The fourth-order valence-corrected chi connectivity index (χ4v) is 6.08. The van der Waals surface area contributed by atoms with E-state index in [-0.39, 0.29) is 26.9 Å². The number of anilines is 2. The van der Waals surface area contributed by atoms with E-state index in [0.29, 0.717) is 24.5 Å². The fourth-order valence-electron chi connectivity index (χ4n) is 4.35. The lowest BCUT2D eigenvalue weighted by molar-refractivity contribution is -0.114. The van der Waals surface area contributed by atoms with Crippen LogP contribution < -0.4 is 24.4 Å². The first-order valence-corrected chi connectivity index (χ1v) is 15.2. The highest BCUT2D eigenvalue weighted by molar-refractivity contribution is 7.92. The van der Waals surface area contributed by atoms with Gasteiger partial charge < -0.3 is 20.1 Å². The number of nitrogens with zero attached hydrogens (tertiary/aromatic N) is 1. The molecule has 0 unspecified atom stereocenters. The molecular formula is C32H32ClN3O6S. The number of para-hydroxylation sites is 2. The Kier molecular flexibility index (Phi) is 10.3. The van der Waals surface area contributed by atoms with Gasteiger partial charge in [-0.3, -0.25) is 13.9 Å². The summed E-state index contributed by atoms with van der Waals surface area (Å²) in [5.74, 6) is 0.155. The molecule has 0 spiro atoms. The Labute approximate surface area is 256 Å². The molecule has 4 aromatic carbocycles. The molecule has 11 heteroatoms. The van der Waals surface area contributed by atoms with Gasteiger partial charge >= 0.3 is 0 Å². The molecule has 0 aliphatic heterocycles. The molecular weight excluding hydrogens is 590 g/mol. The van der Waals surface area contributed by atoms with Crippen LogP contribution in [0.15, 0.2) is 95.9 Å². The number of sulfonamides is 1. The van der Waals surface area contributed by atoms with Gasteiger partial charge in [0.25, 0.3) is 15.9 Å². The number of halogens is 1. The van der Waals surface area contributed by atoms with Crippen LogP contribution in [0.3, 0.4) is 0 Å². The van der Waals surface area contributed by atoms with Crippen molar-refractivity contribution >= 4 is 44.8 Å². The molecule has 43 heavy (non-hydrogen) atoms. The van der Waals surface area contributed by atoms with Gasteiger partial charge in [-0.05, 0) is 67.4 Å². The Morgan fingerprint density at radius 3 is 2.23 bits per heavy atom. The van der Waals surface area contributed by atoms with Crippen LogP contribution in [0.4, 0.5) is 11.4 Å². The third-order valence-electron chi connectivity index (χ3n) is 6.61. The SMILES string of the molecule is COc1ccc(CCNC(=O)c2ccccc2NC(=O)CN(c2ccccc2Cl)S(=O)(=O)c2ccc(C)cc2)cc1OC. The number of amides is 2. The maximum Gasteiger partial charge on any atom is 0.264 e. The Morgan fingerprint density at radius 2 is 1.53 bits per heavy atom. The van der Waals surface area contributed by atoms with E-state index in [0.717, 1.165) is 15.4 Å². The number of rotatable bonds is 12. The second kappa shape index (κ2) is 14.1. The van der Waals surface area contributed by atoms with Gasteiger partial charge in [0, 0.05) is 6.54 Å². The van der Waals surface area contributed by atoms with Crippen LogP contribution in [-0.4, -0.2) is 47.5 Å². The van der Waals surface area contributed by atoms with Gasteiger partial charge in [-0.15, -0.1) is 0 Å². The fraction of sp³-hybridized carbons (Fsp3) is 0.188. The van der Waals surface area contributed by atoms with Crippen LogP contribution >= 0.6 is 11.6 Å². The average Bonchev–Trinajstić information content (AvgIpc) is 3.00. The number of nitrogens with one attached hydrogen (secondary N) is 2. The first kappa shape index (κ1) is 31.4. The van der Waals surface area contributed by atoms with E-state index in [4.69, 9.17) is 21.1 Å². The summed E-state index contributed by atoms with van der Waals surface area (Å²) in [6.45, 7) is 1.60. The summed E-state index contributed by atoms with van der Waals surface area (Å²) in [5.41, 5.74) is 2.45. The molecule has 0 saturated heterocycles. The molecule has 0 heterocycles. The van der Waals surface area contributed by atoms with Crippen molar-refractivity contribution in [3.8, 4) is 11.5 Å². The molecule has 4 rings (SSSR count). The summed E-state index contributed by atoms with van der Waals surface area (Å²) < 4.78 is 38.9. The van der Waals surface area contributed by atoms with Gasteiger partial charge in [0.05, 0.1) is 41.1 Å². The average molecular weight is 622 g/mol. The van der Waals surface area contributed by atoms with Crippen molar-refractivity contribution in [2.45, 2.75) is 18.2 Å². The van der Waals surface area contributed by atoms with Gasteiger partial charge in [0.15, 0.2) is 11.5 Å². The van der Waals surface area contributed by atoms with Crippen molar-refractivity contribution in [3.63, 3.8) is 0 Å². The van der Waals surface area contributed by atoms with E-state index in [9.17, 15) is 18.0 Å². The standard InChI is InChI=1S/C32H32ClN3O6S/c1-22-12-15-24(16-13-22)43(39,40)36(28-11-7-5-9-26(28)33)21-31(37)35-27-10-6-4-8-25(27)32(38)34-19-18-23-14-17-29(41-2)30(20-23)42-3/h4-17,20H,18-19,21H2,1-3H3,(H,34,38)(H,35,37). The van der Waals surface area contributed by atoms with E-state index in [1.54, 1.807) is 74.9 Å². The van der Waals surface area contributed by atoms with E-state index in [1.165, 1.54) is 18.2 Å². The number of carbonyl (C=O) groups is 2. The molecule has 2 amide bonds. The van der Waals surface area contributed by atoms with E-state index >= 15 is 0 Å². The van der Waals surface area contributed by atoms with E-state index < -0.39 is 28.4 Å². The number of benzene rings is 4. The van der Waals surface area contributed by atoms with Crippen LogP contribution in [0.2, 0.25) is 5.02 Å². The van der Waals surface area contributed by atoms with Crippen LogP contribution in [0.25, 0.3) is 0 Å². The number of carbonyl (C=O) groups excluding carboxylic acids is 2. The minimum absolute atomic E-state index is 0.0140. The van der Waals surface area contributed by atoms with Crippen LogP contribution in [0, 0.1) is 6.92 Å². The predicted octanol–water partition coefficient (Wildman–Crippen LogP) is 5.47. The Morgan fingerprint density at radius 1 is 0.860 bits per heavy atom. The van der Waals surface area contributed by atoms with E-state index in [2.05, 4.69) is 10.6 Å². The molecule has 0 saturated carbocycles. The van der Waals surface area contributed by atoms with Crippen molar-refractivity contribution in [2.75, 3.05) is 36.9 Å². The summed E-state index contributed by atoms with van der Waals surface area (Å²) in [7, 11) is -1.05. The van der Waals surface area contributed by atoms with Crippen LogP contribution in [0.5, 0.6) is 11.5 Å². The Balaban J connectivity index is 1.49. The number of methoxy groups -OCH3 is 2. The summed E-state index contributed by atoms with van der Waals surface area (Å²) >= 11 is 6.37. The maximum absolute atomic E-state index is 13.7. The molecule has 2 N–H and O–H groups in total. The van der Waals surface area contributed by atoms with Gasteiger partial charge in [-0.1, -0.05) is 59.6 Å². The van der Waals surface area contributed by atoms with Crippen molar-refractivity contribution in [1.82, 2.24) is 5.32 Å². The Bertz CT molecular complexity index is 1710. The lowest BCUT2D eigenvalue weighted by atomic mass is 10.1. The number of aryl methyl sites for hydroxylation is 1. The summed E-state index contributed by atoms with van der Waals surface area (Å²) in [6, 6.07) is 24.7. The molecule has 224 valence electrons. The lowest BCUT2D eigenvalue weighted by Crippen LogP contribution is -2.38. The highest BCUT2D eigenvalue weighted by atomic mass is 35.5. The molecule has 0 bridgehead atoms. The predicted molar refractivity (Wildman–Crippen MR) is 168 cm³/mol. The monoisotopic (exact) mass is 621 g/mol. The second-order valence-electron chi connectivity index (χ2n) is 9.57. The van der Waals surface area contributed by atoms with Gasteiger partial charge in [0.2, 0.25) is 5.91 Å². The lowest BCUT2D eigenvalue weighted by Gasteiger charge is -2.25. The number of hydrogen-bond donors (Lipinski definition) is 2. The zero-order chi connectivity index (χ0) is 31.0. The van der Waals surface area contributed by atoms with Crippen molar-refractivity contribution in [3.05, 3.63) is 113 Å². The molecule has 4 aromatic rings. The third kappa shape index (κ3) is 7.65. The minimum atomic E-state index is -4.16. The van der Waals surface area contributed by atoms with Crippen LogP contribution in [-0.2, 0) is 21.2 Å².